The van der Waals surface area contributed by atoms with E-state index in [2.05, 4.69) is 11.8 Å². The lowest BCUT2D eigenvalue weighted by atomic mass is 10.0. The Balaban J connectivity index is 1.74. The third-order valence-electron chi connectivity index (χ3n) is 3.56. The van der Waals surface area contributed by atoms with Gasteiger partial charge < -0.3 is 10.5 Å². The van der Waals surface area contributed by atoms with Crippen molar-refractivity contribution < 1.29 is 4.74 Å². The van der Waals surface area contributed by atoms with Crippen molar-refractivity contribution in [3.05, 3.63) is 29.8 Å². The topological polar surface area (TPSA) is 38.5 Å². The first-order chi connectivity index (χ1) is 9.15. The third kappa shape index (κ3) is 4.48. The van der Waals surface area contributed by atoms with E-state index in [4.69, 9.17) is 22.7 Å². The Labute approximate surface area is 120 Å². The Morgan fingerprint density at radius 3 is 2.79 bits per heavy atom. The normalized spacial score (nSPS) is 20.2. The highest BCUT2D eigenvalue weighted by Crippen LogP contribution is 2.16. The summed E-state index contributed by atoms with van der Waals surface area (Å²) in [5.74, 6) is 1.70. The summed E-state index contributed by atoms with van der Waals surface area (Å²) in [6.07, 6.45) is 2.67. The summed E-state index contributed by atoms with van der Waals surface area (Å²) in [4.78, 5) is 2.91. The van der Waals surface area contributed by atoms with Crippen molar-refractivity contribution in [1.29, 1.82) is 0 Å². The molecule has 1 unspecified atom stereocenters. The highest BCUT2D eigenvalue weighted by Gasteiger charge is 2.15. The maximum Gasteiger partial charge on any atom is 0.119 e. The minimum absolute atomic E-state index is 0.425. The lowest BCUT2D eigenvalue weighted by molar-refractivity contribution is 0.153. The van der Waals surface area contributed by atoms with Crippen LogP contribution in [0.1, 0.15) is 25.3 Å². The lowest BCUT2D eigenvalue weighted by Crippen LogP contribution is -2.37. The highest BCUT2D eigenvalue weighted by molar-refractivity contribution is 7.80. The Morgan fingerprint density at radius 2 is 2.16 bits per heavy atom. The Morgan fingerprint density at radius 1 is 1.42 bits per heavy atom. The minimum atomic E-state index is 0.425. The summed E-state index contributed by atoms with van der Waals surface area (Å²) in [6, 6.07) is 7.65. The molecule has 0 amide bonds. The number of hydrogen-bond acceptors (Lipinski definition) is 3. The van der Waals surface area contributed by atoms with Gasteiger partial charge in [0.2, 0.25) is 0 Å². The monoisotopic (exact) mass is 278 g/mol. The summed E-state index contributed by atoms with van der Waals surface area (Å²) in [7, 11) is 0. The Hall–Kier alpha value is -1.13. The molecular formula is C15H22N2OS. The molecule has 0 spiro atoms. The second kappa shape index (κ2) is 6.87. The third-order valence-corrected chi connectivity index (χ3v) is 3.79. The molecule has 2 rings (SSSR count). The summed E-state index contributed by atoms with van der Waals surface area (Å²) < 4.78 is 5.75. The molecule has 1 aromatic carbocycles. The summed E-state index contributed by atoms with van der Waals surface area (Å²) in [6.45, 7) is 6.46. The van der Waals surface area contributed by atoms with Gasteiger partial charge in [0.1, 0.15) is 17.3 Å². The highest BCUT2D eigenvalue weighted by atomic mass is 32.1. The van der Waals surface area contributed by atoms with E-state index in [0.29, 0.717) is 4.99 Å². The predicted molar refractivity (Wildman–Crippen MR) is 82.7 cm³/mol. The molecule has 0 saturated carbocycles. The van der Waals surface area contributed by atoms with Crippen LogP contribution in [0.5, 0.6) is 5.75 Å². The van der Waals surface area contributed by atoms with Gasteiger partial charge in [-0.2, -0.15) is 0 Å². The van der Waals surface area contributed by atoms with Crippen molar-refractivity contribution in [3.8, 4) is 5.75 Å². The van der Waals surface area contributed by atoms with Gasteiger partial charge in [-0.25, -0.2) is 0 Å². The van der Waals surface area contributed by atoms with Crippen LogP contribution < -0.4 is 10.5 Å². The maximum atomic E-state index is 5.75. The molecule has 1 atom stereocenters. The van der Waals surface area contributed by atoms with Crippen molar-refractivity contribution in [2.75, 3.05) is 26.2 Å². The van der Waals surface area contributed by atoms with Crippen LogP contribution in [0.3, 0.4) is 0 Å². The number of nitrogens with zero attached hydrogens (tertiary/aromatic N) is 1. The van der Waals surface area contributed by atoms with Crippen LogP contribution in [-0.2, 0) is 0 Å². The predicted octanol–water partition coefficient (Wildman–Crippen LogP) is 2.43. The van der Waals surface area contributed by atoms with E-state index in [-0.39, 0.29) is 0 Å². The molecule has 2 N–H and O–H groups in total. The minimum Gasteiger partial charge on any atom is -0.492 e. The van der Waals surface area contributed by atoms with Gasteiger partial charge in [-0.3, -0.25) is 4.90 Å². The fraction of sp³-hybridized carbons (Fsp3) is 0.533. The summed E-state index contributed by atoms with van der Waals surface area (Å²) in [5, 5.41) is 0. The molecule has 3 nitrogen and oxygen atoms in total. The van der Waals surface area contributed by atoms with Gasteiger partial charge in [-0.05, 0) is 49.6 Å². The van der Waals surface area contributed by atoms with E-state index in [0.717, 1.165) is 30.4 Å². The van der Waals surface area contributed by atoms with Gasteiger partial charge in [0, 0.05) is 18.7 Å². The van der Waals surface area contributed by atoms with E-state index in [1.165, 1.54) is 25.9 Å². The van der Waals surface area contributed by atoms with Crippen molar-refractivity contribution in [2.24, 2.45) is 11.7 Å². The molecule has 19 heavy (non-hydrogen) atoms. The van der Waals surface area contributed by atoms with Crippen LogP contribution in [0.2, 0.25) is 0 Å². The summed E-state index contributed by atoms with van der Waals surface area (Å²) >= 11 is 4.92. The number of likely N-dealkylation sites (tertiary alicyclic amines) is 1. The molecular weight excluding hydrogens is 256 g/mol. The van der Waals surface area contributed by atoms with E-state index >= 15 is 0 Å². The first-order valence-electron chi connectivity index (χ1n) is 6.90. The number of ether oxygens (including phenoxy) is 1. The molecule has 0 radical (unpaired) electrons. The van der Waals surface area contributed by atoms with Crippen LogP contribution in [-0.4, -0.2) is 36.1 Å². The van der Waals surface area contributed by atoms with Gasteiger partial charge in [-0.15, -0.1) is 0 Å². The van der Waals surface area contributed by atoms with Crippen molar-refractivity contribution in [2.45, 2.75) is 19.8 Å². The molecule has 1 fully saturated rings. The van der Waals surface area contributed by atoms with Gasteiger partial charge in [-0.1, -0.05) is 19.1 Å². The fourth-order valence-electron chi connectivity index (χ4n) is 2.50. The fourth-order valence-corrected chi connectivity index (χ4v) is 2.63. The average molecular weight is 278 g/mol. The Bertz CT molecular complexity index is 419. The molecule has 0 bridgehead atoms. The van der Waals surface area contributed by atoms with Crippen LogP contribution in [0.15, 0.2) is 24.3 Å². The Kier molecular flexibility index (Phi) is 5.16. The molecule has 0 aliphatic carbocycles. The first kappa shape index (κ1) is 14.3. The molecule has 1 saturated heterocycles. The molecule has 1 aliphatic heterocycles. The standard InChI is InChI=1S/C15H22N2OS/c1-12-3-2-8-17(11-12)9-10-18-14-6-4-13(5-7-14)15(16)19/h4-7,12H,2-3,8-11H2,1H3,(H2,16,19). The smallest absolute Gasteiger partial charge is 0.119 e. The number of thiocarbonyl (C=S) groups is 1. The van der Waals surface area contributed by atoms with Crippen LogP contribution in [0.25, 0.3) is 0 Å². The van der Waals surface area contributed by atoms with Crippen molar-refractivity contribution >= 4 is 17.2 Å². The van der Waals surface area contributed by atoms with E-state index in [9.17, 15) is 0 Å². The van der Waals surface area contributed by atoms with Gasteiger partial charge in [0.05, 0.1) is 0 Å². The van der Waals surface area contributed by atoms with Crippen LogP contribution in [0.4, 0.5) is 0 Å². The number of piperidine rings is 1. The SMILES string of the molecule is CC1CCCN(CCOc2ccc(C(N)=S)cc2)C1. The second-order valence-corrected chi connectivity index (χ2v) is 5.72. The molecule has 1 heterocycles. The number of benzene rings is 1. The van der Waals surface area contributed by atoms with E-state index in [1.54, 1.807) is 0 Å². The zero-order chi connectivity index (χ0) is 13.7. The zero-order valence-electron chi connectivity index (χ0n) is 11.5. The zero-order valence-corrected chi connectivity index (χ0v) is 12.3. The molecule has 0 aromatic heterocycles. The first-order valence-corrected chi connectivity index (χ1v) is 7.31. The lowest BCUT2D eigenvalue weighted by Gasteiger charge is -2.30. The second-order valence-electron chi connectivity index (χ2n) is 5.29. The van der Waals surface area contributed by atoms with E-state index < -0.39 is 0 Å². The molecule has 1 aliphatic rings. The van der Waals surface area contributed by atoms with Gasteiger partial charge in [0.25, 0.3) is 0 Å². The molecule has 4 heteroatoms. The van der Waals surface area contributed by atoms with Crippen molar-refractivity contribution in [1.82, 2.24) is 4.90 Å². The number of rotatable bonds is 5. The largest absolute Gasteiger partial charge is 0.492 e. The van der Waals surface area contributed by atoms with Crippen molar-refractivity contribution in [3.63, 3.8) is 0 Å². The quantitative estimate of drug-likeness (QED) is 0.840. The number of nitrogens with two attached hydrogens (primary N) is 1. The van der Waals surface area contributed by atoms with Crippen LogP contribution >= 0.6 is 12.2 Å². The van der Waals surface area contributed by atoms with Gasteiger partial charge in [0.15, 0.2) is 0 Å². The average Bonchev–Trinajstić information content (AvgIpc) is 2.39. The van der Waals surface area contributed by atoms with Crippen LogP contribution in [0, 0.1) is 5.92 Å². The number of hydrogen-bond donors (Lipinski definition) is 1. The molecule has 104 valence electrons. The van der Waals surface area contributed by atoms with Gasteiger partial charge >= 0.3 is 0 Å². The molecule has 1 aromatic rings. The van der Waals surface area contributed by atoms with E-state index in [1.807, 2.05) is 24.3 Å². The summed E-state index contributed by atoms with van der Waals surface area (Å²) in [5.41, 5.74) is 6.44. The maximum absolute atomic E-state index is 5.75.